The summed E-state index contributed by atoms with van der Waals surface area (Å²) >= 11 is 0. The van der Waals surface area contributed by atoms with E-state index in [-0.39, 0.29) is 5.91 Å². The molecule has 1 amide bonds. The van der Waals surface area contributed by atoms with Crippen molar-refractivity contribution >= 4 is 11.7 Å². The molecule has 25 heavy (non-hydrogen) atoms. The van der Waals surface area contributed by atoms with E-state index in [1.54, 1.807) is 13.3 Å². The van der Waals surface area contributed by atoms with Crippen LogP contribution in [0.15, 0.2) is 36.7 Å². The first-order chi connectivity index (χ1) is 12.3. The molecule has 7 heteroatoms. The fourth-order valence-electron chi connectivity index (χ4n) is 2.63. The Hall–Kier alpha value is -2.83. The molecule has 1 aliphatic rings. The van der Waals surface area contributed by atoms with E-state index in [1.807, 2.05) is 29.2 Å². The van der Waals surface area contributed by atoms with E-state index < -0.39 is 0 Å². The normalized spacial score (nSPS) is 13.6. The highest BCUT2D eigenvalue weighted by Crippen LogP contribution is 2.17. The van der Waals surface area contributed by atoms with Crippen LogP contribution in [-0.2, 0) is 0 Å². The van der Waals surface area contributed by atoms with Gasteiger partial charge in [-0.3, -0.25) is 4.79 Å². The van der Waals surface area contributed by atoms with Crippen LogP contribution in [0.1, 0.15) is 23.3 Å². The van der Waals surface area contributed by atoms with Gasteiger partial charge in [0.15, 0.2) is 0 Å². The highest BCUT2D eigenvalue weighted by Gasteiger charge is 2.20. The van der Waals surface area contributed by atoms with Gasteiger partial charge in [-0.05, 0) is 37.1 Å². The molecular formula is C18H22N4O3. The largest absolute Gasteiger partial charge is 0.497 e. The average molecular weight is 342 g/mol. The Labute approximate surface area is 147 Å². The highest BCUT2D eigenvalue weighted by molar-refractivity contribution is 5.92. The maximum atomic E-state index is 12.2. The number of carbonyl (C=O) groups is 1. The third-order valence-electron chi connectivity index (χ3n) is 4.00. The van der Waals surface area contributed by atoms with Gasteiger partial charge in [0.25, 0.3) is 5.91 Å². The van der Waals surface area contributed by atoms with E-state index in [1.165, 1.54) is 6.20 Å². The van der Waals surface area contributed by atoms with E-state index in [4.69, 9.17) is 9.47 Å². The van der Waals surface area contributed by atoms with Crippen molar-refractivity contribution in [3.05, 3.63) is 42.4 Å². The summed E-state index contributed by atoms with van der Waals surface area (Å²) in [5, 5.41) is 3.12. The lowest BCUT2D eigenvalue weighted by atomic mass is 10.3. The topological polar surface area (TPSA) is 76.6 Å². The maximum absolute atomic E-state index is 12.2. The van der Waals surface area contributed by atoms with Gasteiger partial charge >= 0.3 is 0 Å². The first-order valence-corrected chi connectivity index (χ1v) is 8.38. The summed E-state index contributed by atoms with van der Waals surface area (Å²) < 4.78 is 10.7. The number of ether oxygens (including phenoxy) is 2. The molecule has 3 rings (SSSR count). The van der Waals surface area contributed by atoms with E-state index in [0.717, 1.165) is 37.4 Å². The third-order valence-corrected chi connectivity index (χ3v) is 4.00. The first kappa shape index (κ1) is 17.0. The molecule has 0 spiro atoms. The molecule has 0 unspecified atom stereocenters. The molecule has 2 heterocycles. The molecule has 2 aromatic rings. The molecule has 0 atom stereocenters. The Morgan fingerprint density at radius 3 is 2.48 bits per heavy atom. The summed E-state index contributed by atoms with van der Waals surface area (Å²) in [5.74, 6) is 2.15. The monoisotopic (exact) mass is 342 g/mol. The minimum Gasteiger partial charge on any atom is -0.497 e. The van der Waals surface area contributed by atoms with Crippen molar-refractivity contribution in [2.75, 3.05) is 38.7 Å². The molecule has 0 saturated carbocycles. The van der Waals surface area contributed by atoms with Gasteiger partial charge in [-0.1, -0.05) is 0 Å². The second-order valence-corrected chi connectivity index (χ2v) is 5.74. The quantitative estimate of drug-likeness (QED) is 0.778. The third kappa shape index (κ3) is 4.59. The van der Waals surface area contributed by atoms with Crippen molar-refractivity contribution in [1.82, 2.24) is 14.9 Å². The molecule has 7 nitrogen and oxygen atoms in total. The van der Waals surface area contributed by atoms with E-state index >= 15 is 0 Å². The van der Waals surface area contributed by atoms with Crippen LogP contribution in [0, 0.1) is 0 Å². The Balaban J connectivity index is 1.43. The number of nitrogens with zero attached hydrogens (tertiary/aromatic N) is 3. The predicted octanol–water partition coefficient (Wildman–Crippen LogP) is 2.21. The number of likely N-dealkylation sites (tertiary alicyclic amines) is 1. The molecule has 0 aliphatic carbocycles. The zero-order chi connectivity index (χ0) is 17.5. The molecule has 1 aromatic carbocycles. The molecule has 132 valence electrons. The van der Waals surface area contributed by atoms with Crippen molar-refractivity contribution in [1.29, 1.82) is 0 Å². The van der Waals surface area contributed by atoms with E-state index in [2.05, 4.69) is 15.3 Å². The fraction of sp³-hybridized carbons (Fsp3) is 0.389. The van der Waals surface area contributed by atoms with Crippen LogP contribution in [0.3, 0.4) is 0 Å². The lowest BCUT2D eigenvalue weighted by Crippen LogP contribution is -2.28. The van der Waals surface area contributed by atoms with Crippen LogP contribution < -0.4 is 14.8 Å². The number of methoxy groups -OCH3 is 1. The number of amides is 1. The number of benzene rings is 1. The second-order valence-electron chi connectivity index (χ2n) is 5.74. The van der Waals surface area contributed by atoms with E-state index in [9.17, 15) is 4.79 Å². The minimum atomic E-state index is -0.0422. The van der Waals surface area contributed by atoms with Gasteiger partial charge in [0, 0.05) is 13.1 Å². The van der Waals surface area contributed by atoms with Gasteiger partial charge in [-0.2, -0.15) is 0 Å². The summed E-state index contributed by atoms with van der Waals surface area (Å²) in [5.41, 5.74) is 0.391. The summed E-state index contributed by atoms with van der Waals surface area (Å²) in [4.78, 5) is 22.5. The molecule has 0 bridgehead atoms. The summed E-state index contributed by atoms with van der Waals surface area (Å²) in [6.45, 7) is 2.69. The smallest absolute Gasteiger partial charge is 0.274 e. The van der Waals surface area contributed by atoms with Crippen molar-refractivity contribution in [2.45, 2.75) is 12.8 Å². The molecule has 0 radical (unpaired) electrons. The molecule has 1 fully saturated rings. The summed E-state index contributed by atoms with van der Waals surface area (Å²) in [6, 6.07) is 7.42. The number of rotatable bonds is 7. The van der Waals surface area contributed by atoms with Crippen LogP contribution in [0.5, 0.6) is 11.5 Å². The number of aromatic nitrogens is 2. The van der Waals surface area contributed by atoms with Gasteiger partial charge in [-0.25, -0.2) is 9.97 Å². The van der Waals surface area contributed by atoms with Crippen molar-refractivity contribution in [3.8, 4) is 11.5 Å². The number of carbonyl (C=O) groups excluding carboxylic acids is 1. The fourth-order valence-corrected chi connectivity index (χ4v) is 2.63. The lowest BCUT2D eigenvalue weighted by Gasteiger charge is -2.14. The standard InChI is InChI=1S/C18H22N4O3/c1-24-14-4-6-15(7-5-14)25-11-8-19-17-13-20-16(12-21-17)18(23)22-9-2-3-10-22/h4-7,12-13H,2-3,8-11H2,1H3,(H,19,21). The Bertz CT molecular complexity index is 682. The van der Waals surface area contributed by atoms with Crippen molar-refractivity contribution < 1.29 is 14.3 Å². The number of anilines is 1. The van der Waals surface area contributed by atoms with Crippen LogP contribution in [0.4, 0.5) is 5.82 Å². The zero-order valence-electron chi connectivity index (χ0n) is 14.3. The Morgan fingerprint density at radius 1 is 1.12 bits per heavy atom. The Morgan fingerprint density at radius 2 is 1.84 bits per heavy atom. The molecular weight excluding hydrogens is 320 g/mol. The SMILES string of the molecule is COc1ccc(OCCNc2cnc(C(=O)N3CCCC3)cn2)cc1. The first-order valence-electron chi connectivity index (χ1n) is 8.38. The van der Waals surface area contributed by atoms with Crippen molar-refractivity contribution in [2.24, 2.45) is 0 Å². The number of hydrogen-bond donors (Lipinski definition) is 1. The number of hydrogen-bond acceptors (Lipinski definition) is 6. The maximum Gasteiger partial charge on any atom is 0.274 e. The van der Waals surface area contributed by atoms with Gasteiger partial charge < -0.3 is 19.7 Å². The van der Waals surface area contributed by atoms with Crippen molar-refractivity contribution in [3.63, 3.8) is 0 Å². The molecule has 1 aromatic heterocycles. The summed E-state index contributed by atoms with van der Waals surface area (Å²) in [7, 11) is 1.63. The van der Waals surface area contributed by atoms with Gasteiger partial charge in [0.1, 0.15) is 29.6 Å². The predicted molar refractivity (Wildman–Crippen MR) is 94.1 cm³/mol. The highest BCUT2D eigenvalue weighted by atomic mass is 16.5. The van der Waals surface area contributed by atoms with Crippen LogP contribution in [-0.4, -0.2) is 54.1 Å². The minimum absolute atomic E-state index is 0.0422. The molecule has 1 saturated heterocycles. The van der Waals surface area contributed by atoms with Crippen LogP contribution in [0.25, 0.3) is 0 Å². The number of nitrogens with one attached hydrogen (secondary N) is 1. The van der Waals surface area contributed by atoms with Crippen LogP contribution >= 0.6 is 0 Å². The summed E-state index contributed by atoms with van der Waals surface area (Å²) in [6.07, 6.45) is 5.23. The second kappa shape index (κ2) is 8.32. The van der Waals surface area contributed by atoms with Gasteiger partial charge in [0.2, 0.25) is 0 Å². The van der Waals surface area contributed by atoms with E-state index in [0.29, 0.717) is 24.7 Å². The Kier molecular flexibility index (Phi) is 5.66. The lowest BCUT2D eigenvalue weighted by molar-refractivity contribution is 0.0786. The molecule has 1 N–H and O–H groups in total. The van der Waals surface area contributed by atoms with Gasteiger partial charge in [0.05, 0.1) is 26.0 Å². The van der Waals surface area contributed by atoms with Gasteiger partial charge in [-0.15, -0.1) is 0 Å². The van der Waals surface area contributed by atoms with Crippen LogP contribution in [0.2, 0.25) is 0 Å². The molecule has 1 aliphatic heterocycles. The zero-order valence-corrected chi connectivity index (χ0v) is 14.3. The average Bonchev–Trinajstić information content (AvgIpc) is 3.20.